The second kappa shape index (κ2) is 5.10. The molecule has 17 heavy (non-hydrogen) atoms. The van der Waals surface area contributed by atoms with Crippen molar-refractivity contribution >= 4 is 34.2 Å². The van der Waals surface area contributed by atoms with E-state index in [-0.39, 0.29) is 0 Å². The minimum absolute atomic E-state index is 0.531. The normalized spacial score (nSPS) is 9.71. The van der Waals surface area contributed by atoms with Crippen LogP contribution in [0.25, 0.3) is 0 Å². The lowest BCUT2D eigenvalue weighted by Crippen LogP contribution is -1.98. The first kappa shape index (κ1) is 11.8. The minimum Gasteiger partial charge on any atom is -0.324 e. The number of hydrogen-bond donors (Lipinski definition) is 1. The van der Waals surface area contributed by atoms with Crippen LogP contribution in [0, 0.1) is 21.8 Å². The molecule has 4 nitrogen and oxygen atoms in total. The lowest BCUT2D eigenvalue weighted by molar-refractivity contribution is 1.15. The number of hydrogen-bond acceptors (Lipinski definition) is 4. The van der Waals surface area contributed by atoms with E-state index in [2.05, 4.69) is 43.9 Å². The van der Waals surface area contributed by atoms with Crippen LogP contribution in [-0.4, -0.2) is 9.97 Å². The van der Waals surface area contributed by atoms with Gasteiger partial charge in [-0.15, -0.1) is 0 Å². The molecule has 0 spiro atoms. The van der Waals surface area contributed by atoms with Gasteiger partial charge in [-0.2, -0.15) is 5.26 Å². The molecule has 0 unspecified atom stereocenters. The van der Waals surface area contributed by atoms with E-state index < -0.39 is 0 Å². The van der Waals surface area contributed by atoms with E-state index >= 15 is 0 Å². The Morgan fingerprint density at radius 2 is 2.00 bits per heavy atom. The van der Waals surface area contributed by atoms with Gasteiger partial charge in [0, 0.05) is 21.7 Å². The Kier molecular flexibility index (Phi) is 3.54. The first-order chi connectivity index (χ1) is 8.19. The van der Waals surface area contributed by atoms with Gasteiger partial charge in [-0.05, 0) is 47.2 Å². The third-order valence-corrected chi connectivity index (χ3v) is 2.79. The molecule has 0 radical (unpaired) electrons. The van der Waals surface area contributed by atoms with Crippen molar-refractivity contribution in [2.45, 2.75) is 6.92 Å². The number of rotatable bonds is 2. The van der Waals surface area contributed by atoms with Crippen LogP contribution >= 0.6 is 22.6 Å². The lowest BCUT2D eigenvalue weighted by Gasteiger charge is -2.07. The molecule has 5 heteroatoms. The Bertz CT molecular complexity index is 572. The van der Waals surface area contributed by atoms with E-state index in [4.69, 9.17) is 5.26 Å². The molecular weight excluding hydrogens is 327 g/mol. The van der Waals surface area contributed by atoms with Gasteiger partial charge in [0.2, 0.25) is 5.95 Å². The molecule has 0 saturated carbocycles. The molecule has 0 aliphatic rings. The molecule has 0 aliphatic heterocycles. The SMILES string of the molecule is Cc1ccc(C#N)cc1Nc1ncc(I)cn1. The van der Waals surface area contributed by atoms with Crippen LogP contribution in [0.1, 0.15) is 11.1 Å². The molecule has 0 amide bonds. The van der Waals surface area contributed by atoms with E-state index in [1.165, 1.54) is 0 Å². The van der Waals surface area contributed by atoms with Gasteiger partial charge in [0.05, 0.1) is 11.6 Å². The summed E-state index contributed by atoms with van der Waals surface area (Å²) >= 11 is 2.15. The van der Waals surface area contributed by atoms with Crippen LogP contribution in [0.4, 0.5) is 11.6 Å². The summed E-state index contributed by atoms with van der Waals surface area (Å²) < 4.78 is 0.982. The average molecular weight is 336 g/mol. The Hall–Kier alpha value is -1.68. The average Bonchev–Trinajstić information content (AvgIpc) is 2.35. The molecule has 0 fully saturated rings. The number of halogens is 1. The summed E-state index contributed by atoms with van der Waals surface area (Å²) in [5.74, 6) is 0.531. The van der Waals surface area contributed by atoms with Crippen LogP contribution in [-0.2, 0) is 0 Å². The number of nitrogens with zero attached hydrogens (tertiary/aromatic N) is 3. The highest BCUT2D eigenvalue weighted by molar-refractivity contribution is 14.1. The summed E-state index contributed by atoms with van der Waals surface area (Å²) in [5, 5.41) is 11.9. The van der Waals surface area contributed by atoms with E-state index in [0.717, 1.165) is 14.8 Å². The molecule has 0 aliphatic carbocycles. The smallest absolute Gasteiger partial charge is 0.227 e. The van der Waals surface area contributed by atoms with Crippen LogP contribution in [0.3, 0.4) is 0 Å². The highest BCUT2D eigenvalue weighted by Crippen LogP contribution is 2.19. The number of aromatic nitrogens is 2. The van der Waals surface area contributed by atoms with E-state index in [0.29, 0.717) is 11.5 Å². The second-order valence-electron chi connectivity index (χ2n) is 3.49. The molecule has 1 heterocycles. The van der Waals surface area contributed by atoms with Crippen molar-refractivity contribution in [2.75, 3.05) is 5.32 Å². The number of aryl methyl sites for hydroxylation is 1. The Morgan fingerprint density at radius 3 is 2.65 bits per heavy atom. The number of nitrogens with one attached hydrogen (secondary N) is 1. The predicted octanol–water partition coefficient (Wildman–Crippen LogP) is 3.00. The molecule has 1 N–H and O–H groups in total. The molecular formula is C12H9IN4. The van der Waals surface area contributed by atoms with Gasteiger partial charge < -0.3 is 5.32 Å². The molecule has 0 saturated heterocycles. The zero-order chi connectivity index (χ0) is 12.3. The lowest BCUT2D eigenvalue weighted by atomic mass is 10.1. The largest absolute Gasteiger partial charge is 0.324 e. The van der Waals surface area contributed by atoms with Crippen molar-refractivity contribution in [1.82, 2.24) is 9.97 Å². The van der Waals surface area contributed by atoms with Gasteiger partial charge >= 0.3 is 0 Å². The first-order valence-electron chi connectivity index (χ1n) is 4.94. The van der Waals surface area contributed by atoms with Crippen LogP contribution in [0.15, 0.2) is 30.6 Å². The van der Waals surface area contributed by atoms with E-state index in [1.807, 2.05) is 13.0 Å². The zero-order valence-corrected chi connectivity index (χ0v) is 11.3. The quantitative estimate of drug-likeness (QED) is 0.857. The van der Waals surface area contributed by atoms with Gasteiger partial charge in [0.15, 0.2) is 0 Å². The van der Waals surface area contributed by atoms with Crippen LogP contribution in [0.2, 0.25) is 0 Å². The van der Waals surface area contributed by atoms with Gasteiger partial charge in [-0.25, -0.2) is 9.97 Å². The fourth-order valence-corrected chi connectivity index (χ4v) is 1.60. The van der Waals surface area contributed by atoms with Gasteiger partial charge in [-0.3, -0.25) is 0 Å². The van der Waals surface area contributed by atoms with Crippen LogP contribution in [0.5, 0.6) is 0 Å². The van der Waals surface area contributed by atoms with Gasteiger partial charge in [-0.1, -0.05) is 6.07 Å². The third kappa shape index (κ3) is 2.91. The molecule has 1 aromatic heterocycles. The Balaban J connectivity index is 2.29. The Morgan fingerprint density at radius 1 is 1.29 bits per heavy atom. The van der Waals surface area contributed by atoms with E-state index in [1.54, 1.807) is 24.5 Å². The summed E-state index contributed by atoms with van der Waals surface area (Å²) in [5.41, 5.74) is 2.51. The molecule has 2 rings (SSSR count). The second-order valence-corrected chi connectivity index (χ2v) is 4.74. The van der Waals surface area contributed by atoms with Gasteiger partial charge in [0.1, 0.15) is 0 Å². The number of benzene rings is 1. The molecule has 1 aromatic carbocycles. The molecule has 0 atom stereocenters. The maximum atomic E-state index is 8.85. The maximum Gasteiger partial charge on any atom is 0.227 e. The fraction of sp³-hybridized carbons (Fsp3) is 0.0833. The van der Waals surface area contributed by atoms with Crippen LogP contribution < -0.4 is 5.32 Å². The summed E-state index contributed by atoms with van der Waals surface area (Å²) in [6.45, 7) is 1.97. The monoisotopic (exact) mass is 336 g/mol. The van der Waals surface area contributed by atoms with E-state index in [9.17, 15) is 0 Å². The summed E-state index contributed by atoms with van der Waals surface area (Å²) in [7, 11) is 0. The van der Waals surface area contributed by atoms with Crippen molar-refractivity contribution in [2.24, 2.45) is 0 Å². The first-order valence-corrected chi connectivity index (χ1v) is 6.02. The standard InChI is InChI=1S/C12H9IN4/c1-8-2-3-9(5-14)4-11(8)17-12-15-6-10(13)7-16-12/h2-4,6-7H,1H3,(H,15,16,17). The molecule has 84 valence electrons. The van der Waals surface area contributed by atoms with Crippen molar-refractivity contribution < 1.29 is 0 Å². The van der Waals surface area contributed by atoms with Crippen molar-refractivity contribution in [3.8, 4) is 6.07 Å². The van der Waals surface area contributed by atoms with Crippen molar-refractivity contribution in [3.05, 3.63) is 45.3 Å². The highest BCUT2D eigenvalue weighted by atomic mass is 127. The number of anilines is 2. The molecule has 0 bridgehead atoms. The fourth-order valence-electron chi connectivity index (χ4n) is 1.32. The topological polar surface area (TPSA) is 61.6 Å². The van der Waals surface area contributed by atoms with Crippen molar-refractivity contribution in [3.63, 3.8) is 0 Å². The Labute approximate surface area is 113 Å². The highest BCUT2D eigenvalue weighted by Gasteiger charge is 2.02. The summed E-state index contributed by atoms with van der Waals surface area (Å²) in [6.07, 6.45) is 3.47. The third-order valence-electron chi connectivity index (χ3n) is 2.23. The summed E-state index contributed by atoms with van der Waals surface area (Å²) in [6, 6.07) is 7.58. The predicted molar refractivity (Wildman–Crippen MR) is 73.9 cm³/mol. The minimum atomic E-state index is 0.531. The summed E-state index contributed by atoms with van der Waals surface area (Å²) in [4.78, 5) is 8.32. The zero-order valence-electron chi connectivity index (χ0n) is 9.11. The number of nitriles is 1. The molecule has 2 aromatic rings. The maximum absolute atomic E-state index is 8.85. The van der Waals surface area contributed by atoms with Gasteiger partial charge in [0.25, 0.3) is 0 Å². The van der Waals surface area contributed by atoms with Crippen molar-refractivity contribution in [1.29, 1.82) is 5.26 Å².